The highest BCUT2D eigenvalue weighted by Crippen LogP contribution is 1.65. The van der Waals surface area contributed by atoms with Gasteiger partial charge < -0.3 is 15.7 Å². The van der Waals surface area contributed by atoms with Gasteiger partial charge in [-0.1, -0.05) is 0 Å². The van der Waals surface area contributed by atoms with Gasteiger partial charge >= 0.3 is 0 Å². The molecule has 0 aromatic heterocycles. The molecule has 0 unspecified atom stereocenters. The highest BCUT2D eigenvalue weighted by Gasteiger charge is 1.69. The van der Waals surface area contributed by atoms with Gasteiger partial charge in [-0.2, -0.15) is 0 Å². The third-order valence-corrected chi connectivity index (χ3v) is 0. The molecule has 0 spiro atoms. The molecule has 0 aliphatic heterocycles. The Balaban J connectivity index is -0.0000000480. The highest BCUT2D eigenvalue weighted by atomic mass is 16.3. The Bertz CT molecular complexity index is 11.7. The van der Waals surface area contributed by atoms with E-state index in [2.05, 4.69) is 0 Å². The molecule has 0 saturated carbocycles. The van der Waals surface area contributed by atoms with Crippen molar-refractivity contribution < 1.29 is 15.7 Å². The summed E-state index contributed by atoms with van der Waals surface area (Å²) in [6.07, 6.45) is -0.167. The van der Waals surface area contributed by atoms with E-state index in [1.807, 2.05) is 0 Å². The molecule has 48 valence electrons. The minimum absolute atomic E-state index is 0. The summed E-state index contributed by atoms with van der Waals surface area (Å²) >= 11 is 0. The molecule has 0 aliphatic carbocycles. The summed E-state index contributed by atoms with van der Waals surface area (Å²) in [4.78, 5) is 0. The molecule has 0 aliphatic rings. The van der Waals surface area contributed by atoms with Crippen LogP contribution >= 0.6 is 0 Å². The fourth-order valence-electron chi connectivity index (χ4n) is 0. The van der Waals surface area contributed by atoms with Crippen molar-refractivity contribution in [2.75, 3.05) is 7.11 Å². The first-order valence-electron chi connectivity index (χ1n) is 1.86. The first kappa shape index (κ1) is 15.8. The SMILES string of the molecule is CC(C)O.CO.O. The molecule has 7 heavy (non-hydrogen) atoms. The van der Waals surface area contributed by atoms with Crippen LogP contribution in [0.15, 0.2) is 0 Å². The second kappa shape index (κ2) is 16.9. The van der Waals surface area contributed by atoms with Gasteiger partial charge in [-0.3, -0.25) is 0 Å². The van der Waals surface area contributed by atoms with Crippen LogP contribution in [0.1, 0.15) is 13.8 Å². The molecule has 0 amide bonds. The van der Waals surface area contributed by atoms with E-state index in [9.17, 15) is 0 Å². The average Bonchev–Trinajstić information content (AvgIpc) is 1.41. The third kappa shape index (κ3) is 6150. The molecule has 0 saturated heterocycles. The average molecular weight is 110 g/mol. The topological polar surface area (TPSA) is 72.0 Å². The van der Waals surface area contributed by atoms with E-state index in [4.69, 9.17) is 10.2 Å². The first-order chi connectivity index (χ1) is 2.73. The summed E-state index contributed by atoms with van der Waals surface area (Å²) in [7, 11) is 1.00. The third-order valence-electron chi connectivity index (χ3n) is 0. The van der Waals surface area contributed by atoms with Crippen molar-refractivity contribution in [3.63, 3.8) is 0 Å². The van der Waals surface area contributed by atoms with Crippen LogP contribution in [0.3, 0.4) is 0 Å². The van der Waals surface area contributed by atoms with Gasteiger partial charge in [-0.25, -0.2) is 0 Å². The molecule has 4 N–H and O–H groups in total. The maximum Gasteiger partial charge on any atom is 0.0483 e. The molecular formula is C4H14O3. The maximum atomic E-state index is 8.06. The number of aliphatic hydroxyl groups is 2. The highest BCUT2D eigenvalue weighted by molar-refractivity contribution is 4.20. The predicted octanol–water partition coefficient (Wildman–Crippen LogP) is -0.829. The zero-order valence-corrected chi connectivity index (χ0v) is 4.97. The van der Waals surface area contributed by atoms with E-state index >= 15 is 0 Å². The van der Waals surface area contributed by atoms with Crippen LogP contribution < -0.4 is 0 Å². The normalized spacial score (nSPS) is 6.00. The van der Waals surface area contributed by atoms with Gasteiger partial charge in [0.05, 0.1) is 0 Å². The van der Waals surface area contributed by atoms with Crippen molar-refractivity contribution in [1.29, 1.82) is 0 Å². The smallest absolute Gasteiger partial charge is 0.0483 e. The first-order valence-corrected chi connectivity index (χ1v) is 1.86. The summed E-state index contributed by atoms with van der Waals surface area (Å²) in [6, 6.07) is 0. The monoisotopic (exact) mass is 110 g/mol. The molecule has 0 radical (unpaired) electrons. The van der Waals surface area contributed by atoms with Crippen LogP contribution in [-0.4, -0.2) is 28.9 Å². The molecule has 0 aromatic rings. The molecule has 0 aromatic carbocycles. The van der Waals surface area contributed by atoms with E-state index in [1.165, 1.54) is 0 Å². The Morgan fingerprint density at radius 1 is 1.14 bits per heavy atom. The van der Waals surface area contributed by atoms with Crippen LogP contribution in [0, 0.1) is 0 Å². The van der Waals surface area contributed by atoms with Crippen LogP contribution in [0.5, 0.6) is 0 Å². The summed E-state index contributed by atoms with van der Waals surface area (Å²) in [5.41, 5.74) is 0. The number of aliphatic hydroxyl groups excluding tert-OH is 2. The summed E-state index contributed by atoms with van der Waals surface area (Å²) in [5.74, 6) is 0. The fraction of sp³-hybridized carbons (Fsp3) is 1.00. The Morgan fingerprint density at radius 2 is 1.14 bits per heavy atom. The molecule has 3 nitrogen and oxygen atoms in total. The second-order valence-electron chi connectivity index (χ2n) is 1.09. The minimum Gasteiger partial charge on any atom is -0.412 e. The lowest BCUT2D eigenvalue weighted by Crippen LogP contribution is -1.85. The van der Waals surface area contributed by atoms with E-state index < -0.39 is 0 Å². The summed E-state index contributed by atoms with van der Waals surface area (Å²) < 4.78 is 0. The van der Waals surface area contributed by atoms with Gasteiger partial charge in [-0.05, 0) is 13.8 Å². The van der Waals surface area contributed by atoms with Crippen molar-refractivity contribution >= 4 is 0 Å². The molecule has 0 bridgehead atoms. The van der Waals surface area contributed by atoms with Gasteiger partial charge in [0.15, 0.2) is 0 Å². The van der Waals surface area contributed by atoms with Gasteiger partial charge in [0.25, 0.3) is 0 Å². The van der Waals surface area contributed by atoms with Crippen LogP contribution in [0.2, 0.25) is 0 Å². The van der Waals surface area contributed by atoms with E-state index in [0.29, 0.717) is 0 Å². The van der Waals surface area contributed by atoms with Crippen LogP contribution in [0.4, 0.5) is 0 Å². The Morgan fingerprint density at radius 3 is 1.14 bits per heavy atom. The summed E-state index contributed by atoms with van der Waals surface area (Å²) in [6.45, 7) is 3.44. The molecular weight excluding hydrogens is 96.0 g/mol. The molecule has 3 heteroatoms. The van der Waals surface area contributed by atoms with Crippen LogP contribution in [-0.2, 0) is 0 Å². The number of rotatable bonds is 0. The van der Waals surface area contributed by atoms with Crippen molar-refractivity contribution in [3.8, 4) is 0 Å². The number of hydrogen-bond donors (Lipinski definition) is 2. The fourth-order valence-corrected chi connectivity index (χ4v) is 0. The molecule has 0 fully saturated rings. The quantitative estimate of drug-likeness (QED) is 0.427. The van der Waals surface area contributed by atoms with E-state index in [1.54, 1.807) is 13.8 Å². The van der Waals surface area contributed by atoms with Crippen molar-refractivity contribution in [3.05, 3.63) is 0 Å². The lowest BCUT2D eigenvalue weighted by Gasteiger charge is -1.80. The van der Waals surface area contributed by atoms with Gasteiger partial charge in [0, 0.05) is 13.2 Å². The maximum absolute atomic E-state index is 8.06. The van der Waals surface area contributed by atoms with Gasteiger partial charge in [-0.15, -0.1) is 0 Å². The van der Waals surface area contributed by atoms with E-state index in [0.717, 1.165) is 7.11 Å². The zero-order chi connectivity index (χ0) is 5.58. The molecule has 0 rings (SSSR count). The van der Waals surface area contributed by atoms with Crippen molar-refractivity contribution in [1.82, 2.24) is 0 Å². The van der Waals surface area contributed by atoms with Gasteiger partial charge in [0.1, 0.15) is 0 Å². The Labute approximate surface area is 43.9 Å². The number of hydrogen-bond acceptors (Lipinski definition) is 2. The molecule has 0 heterocycles. The second-order valence-corrected chi connectivity index (χ2v) is 1.09. The lowest BCUT2D eigenvalue weighted by molar-refractivity contribution is 0.216. The predicted molar refractivity (Wildman–Crippen MR) is 29.1 cm³/mol. The van der Waals surface area contributed by atoms with Crippen molar-refractivity contribution in [2.45, 2.75) is 20.0 Å². The lowest BCUT2D eigenvalue weighted by atomic mass is 10.5. The Kier molecular flexibility index (Phi) is 38.1. The van der Waals surface area contributed by atoms with Crippen molar-refractivity contribution in [2.24, 2.45) is 0 Å². The molecule has 0 atom stereocenters. The van der Waals surface area contributed by atoms with Gasteiger partial charge in [0.2, 0.25) is 0 Å². The summed E-state index contributed by atoms with van der Waals surface area (Å²) in [5, 5.41) is 15.1. The van der Waals surface area contributed by atoms with E-state index in [-0.39, 0.29) is 11.6 Å². The Hall–Kier alpha value is -0.120. The van der Waals surface area contributed by atoms with Crippen LogP contribution in [0.25, 0.3) is 0 Å². The largest absolute Gasteiger partial charge is 0.412 e. The zero-order valence-electron chi connectivity index (χ0n) is 4.97. The minimum atomic E-state index is -0.167. The standard InChI is InChI=1S/C3H8O.CH4O.H2O/c1-3(2)4;1-2;/h3-4H,1-2H3;2H,1H3;1H2.